The first-order chi connectivity index (χ1) is 9.66. The maximum Gasteiger partial charge on any atom is 0.232 e. The predicted octanol–water partition coefficient (Wildman–Crippen LogP) is 3.23. The fourth-order valence-corrected chi connectivity index (χ4v) is 1.85. The molecule has 0 aromatic heterocycles. The van der Waals surface area contributed by atoms with Crippen molar-refractivity contribution in [3.63, 3.8) is 0 Å². The van der Waals surface area contributed by atoms with Gasteiger partial charge in [-0.05, 0) is 11.6 Å². The van der Waals surface area contributed by atoms with Crippen LogP contribution >= 0.6 is 0 Å². The SMILES string of the molecule is O=C(/C(=C/c1ccccc1)C[N+](=O)[O-])c1ccccc1. The molecule has 0 aliphatic carbocycles. The molecule has 0 aliphatic heterocycles. The minimum absolute atomic E-state index is 0.174. The van der Waals surface area contributed by atoms with Crippen LogP contribution in [0.4, 0.5) is 0 Å². The Morgan fingerprint density at radius 2 is 1.55 bits per heavy atom. The summed E-state index contributed by atoms with van der Waals surface area (Å²) in [6.07, 6.45) is 1.57. The summed E-state index contributed by atoms with van der Waals surface area (Å²) in [6.45, 7) is -0.484. The maximum absolute atomic E-state index is 12.3. The number of rotatable bonds is 5. The fraction of sp³-hybridized carbons (Fsp3) is 0.0625. The van der Waals surface area contributed by atoms with Crippen LogP contribution in [0.1, 0.15) is 15.9 Å². The van der Waals surface area contributed by atoms with Gasteiger partial charge in [-0.25, -0.2) is 0 Å². The van der Waals surface area contributed by atoms with Crippen molar-refractivity contribution in [2.45, 2.75) is 0 Å². The van der Waals surface area contributed by atoms with Gasteiger partial charge < -0.3 is 0 Å². The van der Waals surface area contributed by atoms with Crippen LogP contribution in [0.3, 0.4) is 0 Å². The molecule has 0 heterocycles. The van der Waals surface area contributed by atoms with Crippen LogP contribution in [-0.4, -0.2) is 17.3 Å². The highest BCUT2D eigenvalue weighted by Crippen LogP contribution is 2.13. The van der Waals surface area contributed by atoms with E-state index in [0.717, 1.165) is 5.56 Å². The number of ketones is 1. The van der Waals surface area contributed by atoms with Gasteiger partial charge in [0.05, 0.1) is 5.57 Å². The Balaban J connectivity index is 2.36. The first-order valence-electron chi connectivity index (χ1n) is 6.14. The normalized spacial score (nSPS) is 11.1. The molecule has 0 fully saturated rings. The van der Waals surface area contributed by atoms with E-state index in [4.69, 9.17) is 0 Å². The molecule has 0 atom stereocenters. The van der Waals surface area contributed by atoms with Gasteiger partial charge in [-0.2, -0.15) is 0 Å². The van der Waals surface area contributed by atoms with Gasteiger partial charge in [0.1, 0.15) is 0 Å². The molecule has 0 radical (unpaired) electrons. The molecule has 0 saturated heterocycles. The second-order valence-corrected chi connectivity index (χ2v) is 4.27. The number of hydrogen-bond donors (Lipinski definition) is 0. The van der Waals surface area contributed by atoms with E-state index in [1.165, 1.54) is 0 Å². The number of carbonyl (C=O) groups excluding carboxylic acids is 1. The molecule has 0 bridgehead atoms. The third-order valence-electron chi connectivity index (χ3n) is 2.77. The molecule has 0 aliphatic rings. The Morgan fingerprint density at radius 1 is 1.00 bits per heavy atom. The molecule has 2 aromatic carbocycles. The van der Waals surface area contributed by atoms with Crippen LogP contribution < -0.4 is 0 Å². The molecular weight excluding hydrogens is 254 g/mol. The Bertz CT molecular complexity index is 633. The summed E-state index contributed by atoms with van der Waals surface area (Å²) in [7, 11) is 0. The Morgan fingerprint density at radius 3 is 2.10 bits per heavy atom. The van der Waals surface area contributed by atoms with E-state index >= 15 is 0 Å². The molecule has 4 heteroatoms. The fourth-order valence-electron chi connectivity index (χ4n) is 1.85. The molecule has 4 nitrogen and oxygen atoms in total. The first-order valence-corrected chi connectivity index (χ1v) is 6.14. The second kappa shape index (κ2) is 6.43. The van der Waals surface area contributed by atoms with Gasteiger partial charge in [0.2, 0.25) is 6.54 Å². The van der Waals surface area contributed by atoms with E-state index in [-0.39, 0.29) is 11.4 Å². The minimum Gasteiger partial charge on any atom is -0.289 e. The van der Waals surface area contributed by atoms with E-state index < -0.39 is 11.5 Å². The van der Waals surface area contributed by atoms with Crippen molar-refractivity contribution in [2.75, 3.05) is 6.54 Å². The Hall–Kier alpha value is -2.75. The van der Waals surface area contributed by atoms with Crippen molar-refractivity contribution in [3.8, 4) is 0 Å². The van der Waals surface area contributed by atoms with Crippen LogP contribution in [0.25, 0.3) is 6.08 Å². The summed E-state index contributed by atoms with van der Waals surface area (Å²) in [5.74, 6) is -0.314. The van der Waals surface area contributed by atoms with Gasteiger partial charge in [0, 0.05) is 10.5 Å². The molecule has 20 heavy (non-hydrogen) atoms. The number of hydrogen-bond acceptors (Lipinski definition) is 3. The monoisotopic (exact) mass is 267 g/mol. The third kappa shape index (κ3) is 3.62. The van der Waals surface area contributed by atoms with Gasteiger partial charge in [0.15, 0.2) is 5.78 Å². The molecular formula is C16H13NO3. The summed E-state index contributed by atoms with van der Waals surface area (Å²) < 4.78 is 0. The van der Waals surface area contributed by atoms with Crippen molar-refractivity contribution < 1.29 is 9.72 Å². The quantitative estimate of drug-likeness (QED) is 0.361. The number of benzene rings is 2. The molecule has 0 spiro atoms. The highest BCUT2D eigenvalue weighted by atomic mass is 16.6. The van der Waals surface area contributed by atoms with Crippen LogP contribution in [0.15, 0.2) is 66.2 Å². The first kappa shape index (κ1) is 13.7. The lowest BCUT2D eigenvalue weighted by Gasteiger charge is -2.03. The van der Waals surface area contributed by atoms with E-state index in [9.17, 15) is 14.9 Å². The second-order valence-electron chi connectivity index (χ2n) is 4.27. The van der Waals surface area contributed by atoms with Crippen molar-refractivity contribution in [1.29, 1.82) is 0 Å². The summed E-state index contributed by atoms with van der Waals surface area (Å²) in [5.41, 5.74) is 1.40. The number of Topliss-reactive ketones (excluding diaryl/α,β-unsaturated/α-hetero) is 1. The maximum atomic E-state index is 12.3. The summed E-state index contributed by atoms with van der Waals surface area (Å²) >= 11 is 0. The molecule has 100 valence electrons. The van der Waals surface area contributed by atoms with E-state index in [0.29, 0.717) is 5.56 Å². The van der Waals surface area contributed by atoms with Crippen molar-refractivity contribution in [2.24, 2.45) is 0 Å². The van der Waals surface area contributed by atoms with E-state index in [1.807, 2.05) is 18.2 Å². The molecule has 0 N–H and O–H groups in total. The van der Waals surface area contributed by atoms with Crippen LogP contribution in [0, 0.1) is 10.1 Å². The Labute approximate surface area is 116 Å². The van der Waals surface area contributed by atoms with E-state index in [2.05, 4.69) is 0 Å². The van der Waals surface area contributed by atoms with Gasteiger partial charge in [-0.3, -0.25) is 14.9 Å². The van der Waals surface area contributed by atoms with Gasteiger partial charge in [-0.15, -0.1) is 0 Å². The van der Waals surface area contributed by atoms with Crippen LogP contribution in [-0.2, 0) is 0 Å². The molecule has 0 amide bonds. The van der Waals surface area contributed by atoms with Gasteiger partial charge >= 0.3 is 0 Å². The van der Waals surface area contributed by atoms with E-state index in [1.54, 1.807) is 48.5 Å². The Kier molecular flexibility index (Phi) is 4.39. The van der Waals surface area contributed by atoms with Gasteiger partial charge in [-0.1, -0.05) is 60.7 Å². The number of nitrogens with zero attached hydrogens (tertiary/aromatic N) is 1. The zero-order chi connectivity index (χ0) is 14.4. The van der Waals surface area contributed by atoms with Crippen LogP contribution in [0.5, 0.6) is 0 Å². The third-order valence-corrected chi connectivity index (χ3v) is 2.77. The molecule has 0 saturated carbocycles. The zero-order valence-electron chi connectivity index (χ0n) is 10.7. The number of carbonyl (C=O) groups is 1. The average molecular weight is 267 g/mol. The topological polar surface area (TPSA) is 60.2 Å². The number of nitro groups is 1. The minimum atomic E-state index is -0.490. The lowest BCUT2D eigenvalue weighted by Crippen LogP contribution is -2.13. The zero-order valence-corrected chi connectivity index (χ0v) is 10.7. The standard InChI is InChI=1S/C16H13NO3/c18-16(14-9-5-2-6-10-14)15(12-17(19)20)11-13-7-3-1-4-8-13/h1-11H,12H2/b15-11+. The average Bonchev–Trinajstić information content (AvgIpc) is 2.47. The van der Waals surface area contributed by atoms with Crippen molar-refractivity contribution >= 4 is 11.9 Å². The predicted molar refractivity (Wildman–Crippen MR) is 77.1 cm³/mol. The van der Waals surface area contributed by atoms with Crippen molar-refractivity contribution in [3.05, 3.63) is 87.5 Å². The highest BCUT2D eigenvalue weighted by molar-refractivity contribution is 6.11. The molecule has 2 rings (SSSR count). The highest BCUT2D eigenvalue weighted by Gasteiger charge is 2.17. The molecule has 2 aromatic rings. The summed E-state index contributed by atoms with van der Waals surface area (Å²) in [6, 6.07) is 17.7. The smallest absolute Gasteiger partial charge is 0.232 e. The lowest BCUT2D eigenvalue weighted by atomic mass is 10.0. The summed E-state index contributed by atoms with van der Waals surface area (Å²) in [5, 5.41) is 10.7. The van der Waals surface area contributed by atoms with Crippen molar-refractivity contribution in [1.82, 2.24) is 0 Å². The molecule has 0 unspecified atom stereocenters. The lowest BCUT2D eigenvalue weighted by molar-refractivity contribution is -0.469. The van der Waals surface area contributed by atoms with Gasteiger partial charge in [0.25, 0.3) is 0 Å². The van der Waals surface area contributed by atoms with Crippen LogP contribution in [0.2, 0.25) is 0 Å². The largest absolute Gasteiger partial charge is 0.289 e. The summed E-state index contributed by atoms with van der Waals surface area (Å²) in [4.78, 5) is 22.6.